The van der Waals surface area contributed by atoms with Crippen molar-refractivity contribution in [1.29, 1.82) is 0 Å². The third-order valence-corrected chi connectivity index (χ3v) is 2.78. The highest BCUT2D eigenvalue weighted by atomic mass is 32.2. The summed E-state index contributed by atoms with van der Waals surface area (Å²) in [5, 5.41) is 0. The van der Waals surface area contributed by atoms with Crippen molar-refractivity contribution in [1.82, 2.24) is 0 Å². The summed E-state index contributed by atoms with van der Waals surface area (Å²) in [6.07, 6.45) is 8.31. The van der Waals surface area contributed by atoms with E-state index in [9.17, 15) is 0 Å². The highest BCUT2D eigenvalue weighted by molar-refractivity contribution is 8.05. The van der Waals surface area contributed by atoms with E-state index in [4.69, 9.17) is 0 Å². The molecule has 0 aromatic carbocycles. The van der Waals surface area contributed by atoms with E-state index in [-0.39, 0.29) is 0 Å². The summed E-state index contributed by atoms with van der Waals surface area (Å²) in [4.78, 5) is 1.52. The van der Waals surface area contributed by atoms with Crippen molar-refractivity contribution in [2.24, 2.45) is 0 Å². The van der Waals surface area contributed by atoms with Crippen LogP contribution in [-0.4, -0.2) is 0 Å². The van der Waals surface area contributed by atoms with Gasteiger partial charge in [0.25, 0.3) is 0 Å². The Morgan fingerprint density at radius 1 is 1.44 bits per heavy atom. The molecule has 0 aromatic heterocycles. The van der Waals surface area contributed by atoms with E-state index in [1.54, 1.807) is 5.57 Å². The molecule has 0 fully saturated rings. The standard InChI is InChI=1S/C8H9S/c1-2-4-8-7(3-1)5-6-9-8/h2,4,6H,1,3,5H2. The first-order chi connectivity index (χ1) is 4.47. The van der Waals surface area contributed by atoms with Crippen molar-refractivity contribution < 1.29 is 0 Å². The van der Waals surface area contributed by atoms with Gasteiger partial charge in [-0.2, -0.15) is 0 Å². The van der Waals surface area contributed by atoms with Gasteiger partial charge in [-0.25, -0.2) is 0 Å². The Bertz CT molecular complexity index is 177. The zero-order chi connectivity index (χ0) is 6.10. The van der Waals surface area contributed by atoms with Gasteiger partial charge in [0.15, 0.2) is 0 Å². The average Bonchev–Trinajstić information content (AvgIpc) is 2.33. The Morgan fingerprint density at radius 3 is 3.33 bits per heavy atom. The number of hydrogen-bond acceptors (Lipinski definition) is 1. The van der Waals surface area contributed by atoms with E-state index in [1.165, 1.54) is 24.2 Å². The van der Waals surface area contributed by atoms with Crippen LogP contribution in [0.25, 0.3) is 0 Å². The summed E-state index contributed by atoms with van der Waals surface area (Å²) in [5.74, 6) is 2.29. The van der Waals surface area contributed by atoms with Crippen LogP contribution < -0.4 is 0 Å². The molecule has 1 aliphatic heterocycles. The molecule has 0 bridgehead atoms. The first-order valence-corrected chi connectivity index (χ1v) is 4.22. The molecule has 1 heteroatoms. The van der Waals surface area contributed by atoms with E-state index >= 15 is 0 Å². The maximum atomic E-state index is 2.29. The zero-order valence-electron chi connectivity index (χ0n) is 5.26. The summed E-state index contributed by atoms with van der Waals surface area (Å²) in [6, 6.07) is 0. The first kappa shape index (κ1) is 5.60. The monoisotopic (exact) mass is 137 g/mol. The van der Waals surface area contributed by atoms with E-state index < -0.39 is 0 Å². The van der Waals surface area contributed by atoms with E-state index in [2.05, 4.69) is 17.9 Å². The van der Waals surface area contributed by atoms with Crippen molar-refractivity contribution in [2.45, 2.75) is 19.3 Å². The van der Waals surface area contributed by atoms with Crippen LogP contribution in [0.3, 0.4) is 0 Å². The Hall–Kier alpha value is -0.170. The van der Waals surface area contributed by atoms with Crippen LogP contribution in [0.5, 0.6) is 0 Å². The van der Waals surface area contributed by atoms with Gasteiger partial charge in [-0.15, -0.1) is 11.8 Å². The molecule has 1 heterocycles. The van der Waals surface area contributed by atoms with Crippen LogP contribution in [0.1, 0.15) is 19.3 Å². The topological polar surface area (TPSA) is 0 Å². The van der Waals surface area contributed by atoms with Crippen molar-refractivity contribution in [3.05, 3.63) is 28.4 Å². The number of hydrogen-bond donors (Lipinski definition) is 0. The molecule has 0 saturated carbocycles. The molecule has 9 heavy (non-hydrogen) atoms. The van der Waals surface area contributed by atoms with E-state index in [0.717, 1.165) is 0 Å². The van der Waals surface area contributed by atoms with Gasteiger partial charge in [0.05, 0.1) is 0 Å². The summed E-state index contributed by atoms with van der Waals surface area (Å²) in [6.45, 7) is 0. The van der Waals surface area contributed by atoms with Gasteiger partial charge in [-0.3, -0.25) is 0 Å². The second kappa shape index (κ2) is 2.22. The first-order valence-electron chi connectivity index (χ1n) is 3.34. The molecule has 47 valence electrons. The number of rotatable bonds is 0. The van der Waals surface area contributed by atoms with E-state index in [1.807, 2.05) is 11.8 Å². The van der Waals surface area contributed by atoms with Gasteiger partial charge >= 0.3 is 0 Å². The highest BCUT2D eigenvalue weighted by Crippen LogP contribution is 2.39. The van der Waals surface area contributed by atoms with Crippen LogP contribution >= 0.6 is 11.8 Å². The minimum absolute atomic E-state index is 1.23. The normalized spacial score (nSPS) is 24.9. The molecule has 0 spiro atoms. The van der Waals surface area contributed by atoms with Crippen molar-refractivity contribution >= 4 is 11.8 Å². The summed E-state index contributed by atoms with van der Waals surface area (Å²) in [5.41, 5.74) is 1.66. The molecule has 0 saturated heterocycles. The quantitative estimate of drug-likeness (QED) is 0.494. The molecule has 1 aliphatic carbocycles. The molecule has 0 amide bonds. The van der Waals surface area contributed by atoms with Crippen molar-refractivity contribution in [3.63, 3.8) is 0 Å². The molecule has 2 aliphatic rings. The zero-order valence-corrected chi connectivity index (χ0v) is 6.08. The molecule has 0 atom stereocenters. The Morgan fingerprint density at radius 2 is 2.44 bits per heavy atom. The third kappa shape index (κ3) is 0.940. The lowest BCUT2D eigenvalue weighted by molar-refractivity contribution is 0.924. The minimum atomic E-state index is 1.23. The van der Waals surface area contributed by atoms with Gasteiger partial charge in [-0.1, -0.05) is 17.7 Å². The lowest BCUT2D eigenvalue weighted by Gasteiger charge is -2.04. The third-order valence-electron chi connectivity index (χ3n) is 1.77. The summed E-state index contributed by atoms with van der Waals surface area (Å²) in [7, 11) is 0. The van der Waals surface area contributed by atoms with Gasteiger partial charge in [0, 0.05) is 10.7 Å². The maximum Gasteiger partial charge on any atom is 0.0258 e. The molecular weight excluding hydrogens is 128 g/mol. The Kier molecular flexibility index (Phi) is 1.38. The lowest BCUT2D eigenvalue weighted by Crippen LogP contribution is -1.84. The minimum Gasteiger partial charge on any atom is -0.121 e. The highest BCUT2D eigenvalue weighted by Gasteiger charge is 2.14. The largest absolute Gasteiger partial charge is 0.121 e. The number of allylic oxidation sites excluding steroid dienone is 3. The van der Waals surface area contributed by atoms with Crippen LogP contribution in [0.4, 0.5) is 0 Å². The molecule has 0 unspecified atom stereocenters. The van der Waals surface area contributed by atoms with Gasteiger partial charge in [0.1, 0.15) is 0 Å². The number of thioether (sulfide) groups is 1. The molecular formula is C8H9S. The predicted octanol–water partition coefficient (Wildman–Crippen LogP) is 2.89. The molecule has 0 aromatic rings. The predicted molar refractivity (Wildman–Crippen MR) is 41.9 cm³/mol. The Balaban J connectivity index is 2.28. The van der Waals surface area contributed by atoms with Gasteiger partial charge < -0.3 is 0 Å². The fourth-order valence-electron chi connectivity index (χ4n) is 1.25. The Labute approximate surface area is 60.0 Å². The van der Waals surface area contributed by atoms with Crippen LogP contribution in [0, 0.1) is 5.75 Å². The SMILES string of the molecule is [CH]1CC2=C(C=CCC2)S1. The maximum absolute atomic E-state index is 2.29. The van der Waals surface area contributed by atoms with Gasteiger partial charge in [-0.05, 0) is 19.3 Å². The molecule has 2 rings (SSSR count). The van der Waals surface area contributed by atoms with Gasteiger partial charge in [0.2, 0.25) is 0 Å². The summed E-state index contributed by atoms with van der Waals surface area (Å²) >= 11 is 1.89. The van der Waals surface area contributed by atoms with Crippen LogP contribution in [0.15, 0.2) is 22.6 Å². The molecule has 1 radical (unpaired) electrons. The lowest BCUT2D eigenvalue weighted by atomic mass is 10.0. The van der Waals surface area contributed by atoms with Crippen LogP contribution in [-0.2, 0) is 0 Å². The molecule has 0 N–H and O–H groups in total. The van der Waals surface area contributed by atoms with Crippen LogP contribution in [0.2, 0.25) is 0 Å². The van der Waals surface area contributed by atoms with Crippen molar-refractivity contribution in [3.8, 4) is 0 Å². The van der Waals surface area contributed by atoms with E-state index in [0.29, 0.717) is 0 Å². The smallest absolute Gasteiger partial charge is 0.0258 e. The van der Waals surface area contributed by atoms with Crippen molar-refractivity contribution in [2.75, 3.05) is 0 Å². The fourth-order valence-corrected chi connectivity index (χ4v) is 2.24. The summed E-state index contributed by atoms with van der Waals surface area (Å²) < 4.78 is 0. The average molecular weight is 137 g/mol. The second-order valence-corrected chi connectivity index (χ2v) is 3.41. The second-order valence-electron chi connectivity index (χ2n) is 2.40. The molecule has 0 nitrogen and oxygen atoms in total. The fraction of sp³-hybridized carbons (Fsp3) is 0.375.